The van der Waals surface area contributed by atoms with Crippen LogP contribution in [0, 0.1) is 5.92 Å². The van der Waals surface area contributed by atoms with Gasteiger partial charge in [-0.25, -0.2) is 0 Å². The number of carboxylic acids is 1. The molecule has 1 saturated heterocycles. The van der Waals surface area contributed by atoms with Gasteiger partial charge in [0.15, 0.2) is 0 Å². The summed E-state index contributed by atoms with van der Waals surface area (Å²) in [6.07, 6.45) is -4.66. The van der Waals surface area contributed by atoms with Gasteiger partial charge in [-0.05, 0) is 19.4 Å². The quantitative estimate of drug-likeness (QED) is 0.659. The monoisotopic (exact) mass is 197 g/mol. The summed E-state index contributed by atoms with van der Waals surface area (Å²) in [5, 5.41) is 11.0. The number of halogens is 3. The smallest absolute Gasteiger partial charge is 0.391 e. The van der Waals surface area contributed by atoms with E-state index in [1.807, 2.05) is 0 Å². The maximum absolute atomic E-state index is 12.2. The molecule has 0 aromatic carbocycles. The lowest BCUT2D eigenvalue weighted by atomic mass is 9.92. The molecule has 0 aliphatic carbocycles. The lowest BCUT2D eigenvalue weighted by molar-refractivity contribution is -0.184. The van der Waals surface area contributed by atoms with Crippen molar-refractivity contribution >= 4 is 5.97 Å². The Kier molecular flexibility index (Phi) is 2.80. The number of nitrogens with one attached hydrogen (secondary N) is 1. The molecule has 0 saturated carbocycles. The molecular weight excluding hydrogens is 187 g/mol. The molecule has 0 amide bonds. The Bertz CT molecular complexity index is 204. The largest absolute Gasteiger partial charge is 0.480 e. The van der Waals surface area contributed by atoms with Gasteiger partial charge in [-0.1, -0.05) is 0 Å². The fourth-order valence-corrected chi connectivity index (χ4v) is 1.40. The SMILES string of the molecule is O=C(O)[C@@H]1C[C@H](C(F)(F)F)CCN1. The minimum Gasteiger partial charge on any atom is -0.480 e. The fourth-order valence-electron chi connectivity index (χ4n) is 1.40. The van der Waals surface area contributed by atoms with E-state index in [9.17, 15) is 18.0 Å². The minimum absolute atomic E-state index is 0.0344. The van der Waals surface area contributed by atoms with Crippen LogP contribution in [0.15, 0.2) is 0 Å². The van der Waals surface area contributed by atoms with E-state index in [4.69, 9.17) is 5.11 Å². The van der Waals surface area contributed by atoms with Gasteiger partial charge in [0.1, 0.15) is 6.04 Å². The third-order valence-electron chi connectivity index (χ3n) is 2.16. The molecule has 0 spiro atoms. The van der Waals surface area contributed by atoms with Gasteiger partial charge in [0, 0.05) is 0 Å². The van der Waals surface area contributed by atoms with Gasteiger partial charge in [0.25, 0.3) is 0 Å². The second-order valence-electron chi connectivity index (χ2n) is 3.11. The van der Waals surface area contributed by atoms with Crippen LogP contribution in [0.25, 0.3) is 0 Å². The molecule has 76 valence electrons. The summed E-state index contributed by atoms with van der Waals surface area (Å²) in [7, 11) is 0. The highest BCUT2D eigenvalue weighted by Gasteiger charge is 2.43. The van der Waals surface area contributed by atoms with Gasteiger partial charge >= 0.3 is 12.1 Å². The van der Waals surface area contributed by atoms with Crippen molar-refractivity contribution in [3.63, 3.8) is 0 Å². The molecule has 0 unspecified atom stereocenters. The highest BCUT2D eigenvalue weighted by atomic mass is 19.4. The van der Waals surface area contributed by atoms with Crippen LogP contribution in [0.1, 0.15) is 12.8 Å². The maximum Gasteiger partial charge on any atom is 0.391 e. The van der Waals surface area contributed by atoms with E-state index in [0.29, 0.717) is 0 Å². The lowest BCUT2D eigenvalue weighted by Gasteiger charge is -2.29. The summed E-state index contributed by atoms with van der Waals surface area (Å²) in [5.74, 6) is -2.69. The van der Waals surface area contributed by atoms with Crippen molar-refractivity contribution in [1.82, 2.24) is 5.32 Å². The number of carbonyl (C=O) groups is 1. The normalized spacial score (nSPS) is 30.1. The minimum atomic E-state index is -4.27. The highest BCUT2D eigenvalue weighted by Crippen LogP contribution is 2.33. The predicted molar refractivity (Wildman–Crippen MR) is 38.2 cm³/mol. The second-order valence-corrected chi connectivity index (χ2v) is 3.11. The Morgan fingerprint density at radius 1 is 1.46 bits per heavy atom. The highest BCUT2D eigenvalue weighted by molar-refractivity contribution is 5.73. The number of carboxylic acid groups (broad SMARTS) is 1. The number of aliphatic carboxylic acids is 1. The van der Waals surface area contributed by atoms with Gasteiger partial charge in [0.2, 0.25) is 0 Å². The molecule has 0 bridgehead atoms. The Labute approximate surface area is 72.9 Å². The first kappa shape index (κ1) is 10.3. The average molecular weight is 197 g/mol. The molecule has 1 rings (SSSR count). The molecule has 6 heteroatoms. The van der Waals surface area contributed by atoms with Crippen LogP contribution < -0.4 is 5.32 Å². The average Bonchev–Trinajstić information content (AvgIpc) is 2.03. The van der Waals surface area contributed by atoms with Gasteiger partial charge in [-0.15, -0.1) is 0 Å². The number of piperidine rings is 1. The van der Waals surface area contributed by atoms with E-state index in [1.165, 1.54) is 0 Å². The van der Waals surface area contributed by atoms with Crippen molar-refractivity contribution in [3.8, 4) is 0 Å². The number of hydrogen-bond acceptors (Lipinski definition) is 2. The summed E-state index contributed by atoms with van der Waals surface area (Å²) < 4.78 is 36.5. The van der Waals surface area contributed by atoms with E-state index in [1.54, 1.807) is 0 Å². The molecule has 2 atom stereocenters. The molecule has 1 aliphatic rings. The summed E-state index contributed by atoms with van der Waals surface area (Å²) >= 11 is 0. The third kappa shape index (κ3) is 2.58. The first-order valence-corrected chi connectivity index (χ1v) is 3.94. The van der Waals surface area contributed by atoms with E-state index in [-0.39, 0.29) is 19.4 Å². The van der Waals surface area contributed by atoms with Gasteiger partial charge in [-0.2, -0.15) is 13.2 Å². The Balaban J connectivity index is 2.57. The summed E-state index contributed by atoms with van der Waals surface area (Å²) in [6, 6.07) is -1.06. The first-order chi connectivity index (χ1) is 5.91. The van der Waals surface area contributed by atoms with E-state index in [0.717, 1.165) is 0 Å². The molecule has 1 aliphatic heterocycles. The van der Waals surface area contributed by atoms with Crippen LogP contribution in [0.4, 0.5) is 13.2 Å². The standard InChI is InChI=1S/C7H10F3NO2/c8-7(9,10)4-1-2-11-5(3-4)6(12)13/h4-5,11H,1-3H2,(H,12,13)/t4-,5+/m1/s1. The van der Waals surface area contributed by atoms with Crippen LogP contribution in [0.5, 0.6) is 0 Å². The Morgan fingerprint density at radius 2 is 2.08 bits per heavy atom. The fraction of sp³-hybridized carbons (Fsp3) is 0.857. The zero-order chi connectivity index (χ0) is 10.1. The topological polar surface area (TPSA) is 49.3 Å². The molecule has 2 N–H and O–H groups in total. The van der Waals surface area contributed by atoms with E-state index < -0.39 is 24.1 Å². The lowest BCUT2D eigenvalue weighted by Crippen LogP contribution is -2.46. The summed E-state index contributed by atoms with van der Waals surface area (Å²) in [6.45, 7) is 0.112. The number of rotatable bonds is 1. The van der Waals surface area contributed by atoms with E-state index in [2.05, 4.69) is 5.32 Å². The Morgan fingerprint density at radius 3 is 2.54 bits per heavy atom. The molecule has 0 aromatic heterocycles. The molecule has 0 aromatic rings. The van der Waals surface area contributed by atoms with Crippen molar-refractivity contribution in [2.45, 2.75) is 25.1 Å². The first-order valence-electron chi connectivity index (χ1n) is 3.94. The van der Waals surface area contributed by atoms with Gasteiger partial charge in [-0.3, -0.25) is 4.79 Å². The maximum atomic E-state index is 12.2. The number of alkyl halides is 3. The molecular formula is C7H10F3NO2. The van der Waals surface area contributed by atoms with Crippen LogP contribution >= 0.6 is 0 Å². The van der Waals surface area contributed by atoms with E-state index >= 15 is 0 Å². The van der Waals surface area contributed by atoms with Crippen LogP contribution in [-0.4, -0.2) is 29.8 Å². The van der Waals surface area contributed by atoms with Gasteiger partial charge in [0.05, 0.1) is 5.92 Å². The predicted octanol–water partition coefficient (Wildman–Crippen LogP) is 1.00. The van der Waals surface area contributed by atoms with Crippen LogP contribution in [-0.2, 0) is 4.79 Å². The number of hydrogen-bond donors (Lipinski definition) is 2. The third-order valence-corrected chi connectivity index (χ3v) is 2.16. The molecule has 1 fully saturated rings. The molecule has 0 radical (unpaired) electrons. The van der Waals surface area contributed by atoms with Crippen molar-refractivity contribution < 1.29 is 23.1 Å². The zero-order valence-electron chi connectivity index (χ0n) is 6.77. The van der Waals surface area contributed by atoms with Crippen LogP contribution in [0.2, 0.25) is 0 Å². The Hall–Kier alpha value is -0.780. The molecule has 3 nitrogen and oxygen atoms in total. The van der Waals surface area contributed by atoms with Crippen molar-refractivity contribution in [2.24, 2.45) is 5.92 Å². The van der Waals surface area contributed by atoms with Crippen molar-refractivity contribution in [1.29, 1.82) is 0 Å². The van der Waals surface area contributed by atoms with Crippen LogP contribution in [0.3, 0.4) is 0 Å². The molecule has 13 heavy (non-hydrogen) atoms. The second kappa shape index (κ2) is 3.53. The molecule has 1 heterocycles. The summed E-state index contributed by atoms with van der Waals surface area (Å²) in [4.78, 5) is 10.4. The van der Waals surface area contributed by atoms with Crippen molar-refractivity contribution in [2.75, 3.05) is 6.54 Å². The van der Waals surface area contributed by atoms with Gasteiger partial charge < -0.3 is 10.4 Å². The zero-order valence-corrected chi connectivity index (χ0v) is 6.77. The summed E-state index contributed by atoms with van der Waals surface area (Å²) in [5.41, 5.74) is 0. The van der Waals surface area contributed by atoms with Crippen molar-refractivity contribution in [3.05, 3.63) is 0 Å².